The second kappa shape index (κ2) is 9.13. The smallest absolute Gasteiger partial charge is 0.410 e. The first-order valence-electron chi connectivity index (χ1n) is 10.1. The summed E-state index contributed by atoms with van der Waals surface area (Å²) in [6.45, 7) is 18.6. The first-order chi connectivity index (χ1) is 12.6. The zero-order valence-corrected chi connectivity index (χ0v) is 20.0. The van der Waals surface area contributed by atoms with E-state index in [-0.39, 0.29) is 30.2 Å². The highest BCUT2D eigenvalue weighted by Gasteiger charge is 2.45. The van der Waals surface area contributed by atoms with Crippen LogP contribution in [-0.4, -0.2) is 67.4 Å². The Hall–Kier alpha value is -1.12. The Kier molecular flexibility index (Phi) is 8.13. The largest absolute Gasteiger partial charge is 0.464 e. The van der Waals surface area contributed by atoms with E-state index in [2.05, 4.69) is 33.9 Å². The SMILES string of the molecule is CCOC(=O)[C@@H](O)C[C@H]1C[C@@H](O[Si](C)(C)C(C)(C)C)CN1C(=O)OC(C)(C)C. The molecule has 1 rings (SSSR count). The van der Waals surface area contributed by atoms with E-state index in [1.165, 1.54) is 0 Å². The summed E-state index contributed by atoms with van der Waals surface area (Å²) in [6, 6.07) is -0.343. The molecule has 0 aliphatic carbocycles. The highest BCUT2D eigenvalue weighted by molar-refractivity contribution is 6.74. The van der Waals surface area contributed by atoms with Crippen molar-refractivity contribution in [3.05, 3.63) is 0 Å². The van der Waals surface area contributed by atoms with E-state index in [4.69, 9.17) is 13.9 Å². The third-order valence-corrected chi connectivity index (χ3v) is 9.86. The molecule has 1 N–H and O–H groups in total. The summed E-state index contributed by atoms with van der Waals surface area (Å²) >= 11 is 0. The molecule has 1 aliphatic rings. The Morgan fingerprint density at radius 2 is 1.75 bits per heavy atom. The van der Waals surface area contributed by atoms with Crippen molar-refractivity contribution in [2.75, 3.05) is 13.2 Å². The van der Waals surface area contributed by atoms with Crippen molar-refractivity contribution < 1.29 is 28.6 Å². The standard InChI is InChI=1S/C20H39NO6Si/c1-10-25-17(23)16(22)12-14-11-15(27-28(8,9)20(5,6)7)13-21(14)18(24)26-19(2,3)4/h14-16,22H,10-13H2,1-9H3/t14-,15-,16+/m1/s1. The Labute approximate surface area is 170 Å². The number of aliphatic hydroxyl groups is 1. The second-order valence-electron chi connectivity index (χ2n) is 10.0. The van der Waals surface area contributed by atoms with Crippen LogP contribution in [0.3, 0.4) is 0 Å². The minimum atomic E-state index is -2.02. The van der Waals surface area contributed by atoms with E-state index >= 15 is 0 Å². The van der Waals surface area contributed by atoms with Crippen LogP contribution in [0.1, 0.15) is 61.3 Å². The molecular weight excluding hydrogens is 378 g/mol. The van der Waals surface area contributed by atoms with Gasteiger partial charge in [-0.3, -0.25) is 0 Å². The van der Waals surface area contributed by atoms with Gasteiger partial charge in [0.05, 0.1) is 12.7 Å². The number of nitrogens with zero attached hydrogens (tertiary/aromatic N) is 1. The fourth-order valence-electron chi connectivity index (χ4n) is 2.91. The summed E-state index contributed by atoms with van der Waals surface area (Å²) in [5.41, 5.74) is -0.625. The van der Waals surface area contributed by atoms with Crippen LogP contribution in [0.15, 0.2) is 0 Å². The lowest BCUT2D eigenvalue weighted by Gasteiger charge is -2.38. The molecule has 7 nitrogen and oxygen atoms in total. The van der Waals surface area contributed by atoms with Crippen molar-refractivity contribution >= 4 is 20.4 Å². The quantitative estimate of drug-likeness (QED) is 0.524. The molecule has 1 saturated heterocycles. The number of esters is 1. The molecule has 3 atom stereocenters. The fraction of sp³-hybridized carbons (Fsp3) is 0.900. The van der Waals surface area contributed by atoms with Crippen molar-refractivity contribution in [2.45, 2.75) is 103 Å². The van der Waals surface area contributed by atoms with Crippen LogP contribution < -0.4 is 0 Å². The number of aliphatic hydroxyl groups excluding tert-OH is 1. The summed E-state index contributed by atoms with van der Waals surface area (Å²) in [5.74, 6) is -0.666. The number of carbonyl (C=O) groups is 2. The first-order valence-corrected chi connectivity index (χ1v) is 13.0. The zero-order valence-electron chi connectivity index (χ0n) is 19.0. The monoisotopic (exact) mass is 417 g/mol. The molecule has 28 heavy (non-hydrogen) atoms. The summed E-state index contributed by atoms with van der Waals surface area (Å²) in [5, 5.41) is 10.3. The van der Waals surface area contributed by atoms with Crippen LogP contribution in [0.25, 0.3) is 0 Å². The molecule has 1 amide bonds. The third-order valence-electron chi connectivity index (χ3n) is 5.33. The van der Waals surface area contributed by atoms with Gasteiger partial charge in [-0.1, -0.05) is 20.8 Å². The molecular formula is C20H39NO6Si. The molecule has 1 aliphatic heterocycles. The summed E-state index contributed by atoms with van der Waals surface area (Å²) in [6.07, 6.45) is -1.21. The minimum Gasteiger partial charge on any atom is -0.464 e. The van der Waals surface area contributed by atoms with Crippen LogP contribution in [-0.2, 0) is 18.7 Å². The van der Waals surface area contributed by atoms with E-state index in [0.717, 1.165) is 0 Å². The number of carbonyl (C=O) groups excluding carboxylic acids is 2. The highest BCUT2D eigenvalue weighted by atomic mass is 28.4. The van der Waals surface area contributed by atoms with Gasteiger partial charge in [-0.25, -0.2) is 9.59 Å². The number of hydrogen-bond acceptors (Lipinski definition) is 6. The van der Waals surface area contributed by atoms with Gasteiger partial charge in [-0.15, -0.1) is 0 Å². The highest BCUT2D eigenvalue weighted by Crippen LogP contribution is 2.39. The van der Waals surface area contributed by atoms with E-state index in [1.54, 1.807) is 11.8 Å². The van der Waals surface area contributed by atoms with Crippen LogP contribution >= 0.6 is 0 Å². The molecule has 1 fully saturated rings. The number of likely N-dealkylation sites (tertiary alicyclic amines) is 1. The van der Waals surface area contributed by atoms with E-state index in [1.807, 2.05) is 20.8 Å². The van der Waals surface area contributed by atoms with Crippen molar-refractivity contribution in [1.29, 1.82) is 0 Å². The molecule has 0 unspecified atom stereocenters. The number of amides is 1. The predicted molar refractivity (Wildman–Crippen MR) is 111 cm³/mol. The van der Waals surface area contributed by atoms with Crippen molar-refractivity contribution in [2.24, 2.45) is 0 Å². The van der Waals surface area contributed by atoms with Gasteiger partial charge >= 0.3 is 12.1 Å². The van der Waals surface area contributed by atoms with Gasteiger partial charge in [0.2, 0.25) is 0 Å². The van der Waals surface area contributed by atoms with Crippen molar-refractivity contribution in [3.63, 3.8) is 0 Å². The Balaban J connectivity index is 2.95. The van der Waals surface area contributed by atoms with Gasteiger partial charge in [-0.2, -0.15) is 0 Å². The number of ether oxygens (including phenoxy) is 2. The molecule has 0 spiro atoms. The molecule has 0 bridgehead atoms. The van der Waals surface area contributed by atoms with Gasteiger partial charge in [-0.05, 0) is 52.2 Å². The predicted octanol–water partition coefficient (Wildman–Crippen LogP) is 3.70. The van der Waals surface area contributed by atoms with Gasteiger partial charge in [0.15, 0.2) is 14.4 Å². The van der Waals surface area contributed by atoms with Crippen molar-refractivity contribution in [3.8, 4) is 0 Å². The van der Waals surface area contributed by atoms with Crippen molar-refractivity contribution in [1.82, 2.24) is 4.90 Å². The Morgan fingerprint density at radius 1 is 1.18 bits per heavy atom. The maximum absolute atomic E-state index is 12.7. The van der Waals surface area contributed by atoms with Gasteiger partial charge in [0.1, 0.15) is 5.60 Å². The lowest BCUT2D eigenvalue weighted by molar-refractivity contribution is -0.154. The molecule has 0 saturated carbocycles. The second-order valence-corrected chi connectivity index (χ2v) is 14.8. The van der Waals surface area contributed by atoms with E-state index < -0.39 is 32.1 Å². The molecule has 0 aromatic heterocycles. The van der Waals surface area contributed by atoms with Crippen LogP contribution in [0, 0.1) is 0 Å². The molecule has 1 heterocycles. The maximum atomic E-state index is 12.7. The Bertz CT molecular complexity index is 552. The summed E-state index contributed by atoms with van der Waals surface area (Å²) < 4.78 is 16.9. The van der Waals surface area contributed by atoms with Gasteiger partial charge in [0.25, 0.3) is 0 Å². The zero-order chi connectivity index (χ0) is 21.9. The molecule has 0 radical (unpaired) electrons. The normalized spacial score (nSPS) is 22.1. The number of rotatable bonds is 6. The molecule has 0 aromatic carbocycles. The Morgan fingerprint density at radius 3 is 2.21 bits per heavy atom. The lowest BCUT2D eigenvalue weighted by atomic mass is 10.1. The fourth-order valence-corrected chi connectivity index (χ4v) is 4.27. The molecule has 0 aromatic rings. The third kappa shape index (κ3) is 7.04. The maximum Gasteiger partial charge on any atom is 0.410 e. The molecule has 164 valence electrons. The topological polar surface area (TPSA) is 85.3 Å². The minimum absolute atomic E-state index is 0.0479. The van der Waals surface area contributed by atoms with E-state index in [9.17, 15) is 14.7 Å². The summed E-state index contributed by atoms with van der Waals surface area (Å²) in [7, 11) is -2.02. The van der Waals surface area contributed by atoms with Crippen LogP contribution in [0.2, 0.25) is 18.1 Å². The van der Waals surface area contributed by atoms with E-state index in [0.29, 0.717) is 13.0 Å². The van der Waals surface area contributed by atoms with Gasteiger partial charge < -0.3 is 23.9 Å². The first kappa shape index (κ1) is 24.9. The average molecular weight is 418 g/mol. The summed E-state index contributed by atoms with van der Waals surface area (Å²) in [4.78, 5) is 26.2. The average Bonchev–Trinajstić information content (AvgIpc) is 2.86. The van der Waals surface area contributed by atoms with Gasteiger partial charge in [0, 0.05) is 19.0 Å². The van der Waals surface area contributed by atoms with Crippen LogP contribution in [0.4, 0.5) is 4.79 Å². The number of hydrogen-bond donors (Lipinski definition) is 1. The lowest BCUT2D eigenvalue weighted by Crippen LogP contribution is -2.45. The molecule has 8 heteroatoms. The van der Waals surface area contributed by atoms with Crippen LogP contribution in [0.5, 0.6) is 0 Å².